The summed E-state index contributed by atoms with van der Waals surface area (Å²) in [5, 5.41) is 6.05. The summed E-state index contributed by atoms with van der Waals surface area (Å²) in [6.45, 7) is 3.41. The van der Waals surface area contributed by atoms with Crippen molar-refractivity contribution in [1.82, 2.24) is 10.6 Å². The number of carbonyl (C=O) groups is 1. The second-order valence-corrected chi connectivity index (χ2v) is 4.05. The van der Waals surface area contributed by atoms with Gasteiger partial charge in [-0.2, -0.15) is 0 Å². The van der Waals surface area contributed by atoms with Gasteiger partial charge in [-0.25, -0.2) is 0 Å². The van der Waals surface area contributed by atoms with Crippen LogP contribution in [0, 0.1) is 0 Å². The van der Waals surface area contributed by atoms with E-state index in [4.69, 9.17) is 9.47 Å². The Kier molecular flexibility index (Phi) is 3.94. The summed E-state index contributed by atoms with van der Waals surface area (Å²) in [5.41, 5.74) is 0. The first-order chi connectivity index (χ1) is 7.34. The molecule has 1 amide bonds. The molecule has 15 heavy (non-hydrogen) atoms. The third-order valence-corrected chi connectivity index (χ3v) is 2.78. The molecule has 0 spiro atoms. The Morgan fingerprint density at radius 3 is 2.73 bits per heavy atom. The number of nitrogens with one attached hydrogen (secondary N) is 2. The number of hydrogen-bond donors (Lipinski definition) is 2. The number of hydrogen-bond acceptors (Lipinski definition) is 4. The van der Waals surface area contributed by atoms with Crippen LogP contribution >= 0.6 is 0 Å². The SMILES string of the molecule is O=C(COC1CNC1)NC1CCOCC1. The molecule has 0 bridgehead atoms. The molecule has 2 fully saturated rings. The number of amides is 1. The molecule has 2 N–H and O–H groups in total. The fraction of sp³-hybridized carbons (Fsp3) is 0.900. The molecule has 2 aliphatic heterocycles. The highest BCUT2D eigenvalue weighted by Gasteiger charge is 2.20. The van der Waals surface area contributed by atoms with E-state index in [0.717, 1.165) is 39.1 Å². The lowest BCUT2D eigenvalue weighted by Crippen LogP contribution is -2.50. The highest BCUT2D eigenvalue weighted by atomic mass is 16.5. The lowest BCUT2D eigenvalue weighted by atomic mass is 10.1. The van der Waals surface area contributed by atoms with Crippen LogP contribution in [0.25, 0.3) is 0 Å². The molecule has 0 saturated carbocycles. The fourth-order valence-electron chi connectivity index (χ4n) is 1.68. The maximum atomic E-state index is 11.5. The molecule has 2 heterocycles. The Balaban J connectivity index is 1.58. The van der Waals surface area contributed by atoms with E-state index in [0.29, 0.717) is 0 Å². The molecule has 0 unspecified atom stereocenters. The topological polar surface area (TPSA) is 59.6 Å². The van der Waals surface area contributed by atoms with Crippen molar-refractivity contribution in [3.8, 4) is 0 Å². The van der Waals surface area contributed by atoms with Gasteiger partial charge >= 0.3 is 0 Å². The summed E-state index contributed by atoms with van der Waals surface area (Å²) in [4.78, 5) is 11.5. The third-order valence-electron chi connectivity index (χ3n) is 2.78. The second kappa shape index (κ2) is 5.44. The molecule has 0 radical (unpaired) electrons. The summed E-state index contributed by atoms with van der Waals surface area (Å²) in [6.07, 6.45) is 2.05. The Hall–Kier alpha value is -0.650. The van der Waals surface area contributed by atoms with Crippen molar-refractivity contribution in [1.29, 1.82) is 0 Å². The molecule has 0 aromatic heterocycles. The fourth-order valence-corrected chi connectivity index (χ4v) is 1.68. The minimum absolute atomic E-state index is 0.00574. The second-order valence-electron chi connectivity index (χ2n) is 4.05. The first kappa shape index (κ1) is 10.9. The van der Waals surface area contributed by atoms with Crippen LogP contribution in [0.2, 0.25) is 0 Å². The summed E-state index contributed by atoms with van der Waals surface area (Å²) < 4.78 is 10.6. The van der Waals surface area contributed by atoms with E-state index >= 15 is 0 Å². The summed E-state index contributed by atoms with van der Waals surface area (Å²) in [5.74, 6) is -0.00574. The number of rotatable bonds is 4. The standard InChI is InChI=1S/C10H18N2O3/c13-10(7-15-9-5-11-6-9)12-8-1-3-14-4-2-8/h8-9,11H,1-7H2,(H,12,13). The van der Waals surface area contributed by atoms with Crippen molar-refractivity contribution < 1.29 is 14.3 Å². The van der Waals surface area contributed by atoms with Crippen LogP contribution in [0.4, 0.5) is 0 Å². The summed E-state index contributed by atoms with van der Waals surface area (Å²) >= 11 is 0. The van der Waals surface area contributed by atoms with Gasteiger partial charge in [0.15, 0.2) is 0 Å². The van der Waals surface area contributed by atoms with Gasteiger partial charge in [-0.05, 0) is 12.8 Å². The minimum Gasteiger partial charge on any atom is -0.381 e. The number of carbonyl (C=O) groups excluding carboxylic acids is 1. The lowest BCUT2D eigenvalue weighted by Gasteiger charge is -2.27. The molecule has 2 saturated heterocycles. The van der Waals surface area contributed by atoms with E-state index in [9.17, 15) is 4.79 Å². The molecule has 2 aliphatic rings. The van der Waals surface area contributed by atoms with Gasteiger partial charge in [0.1, 0.15) is 6.61 Å². The van der Waals surface area contributed by atoms with Crippen molar-refractivity contribution in [2.45, 2.75) is 25.0 Å². The zero-order chi connectivity index (χ0) is 10.5. The predicted octanol–water partition coefficient (Wildman–Crippen LogP) is -0.730. The van der Waals surface area contributed by atoms with Crippen molar-refractivity contribution in [2.24, 2.45) is 0 Å². The first-order valence-corrected chi connectivity index (χ1v) is 5.54. The maximum absolute atomic E-state index is 11.5. The van der Waals surface area contributed by atoms with Gasteiger partial charge in [-0.15, -0.1) is 0 Å². The third kappa shape index (κ3) is 3.44. The van der Waals surface area contributed by atoms with Crippen LogP contribution in [0.1, 0.15) is 12.8 Å². The Labute approximate surface area is 89.5 Å². The minimum atomic E-state index is -0.00574. The molecule has 5 nitrogen and oxygen atoms in total. The van der Waals surface area contributed by atoms with E-state index in [2.05, 4.69) is 10.6 Å². The highest BCUT2D eigenvalue weighted by Crippen LogP contribution is 2.06. The lowest BCUT2D eigenvalue weighted by molar-refractivity contribution is -0.130. The predicted molar refractivity (Wildman–Crippen MR) is 54.6 cm³/mol. The zero-order valence-corrected chi connectivity index (χ0v) is 8.83. The van der Waals surface area contributed by atoms with E-state index in [1.54, 1.807) is 0 Å². The zero-order valence-electron chi connectivity index (χ0n) is 8.83. The summed E-state index contributed by atoms with van der Waals surface area (Å²) in [6, 6.07) is 0.273. The van der Waals surface area contributed by atoms with Gasteiger partial charge in [0.05, 0.1) is 6.10 Å². The molecular weight excluding hydrogens is 196 g/mol. The molecule has 0 aromatic carbocycles. The van der Waals surface area contributed by atoms with Crippen molar-refractivity contribution in [3.63, 3.8) is 0 Å². The van der Waals surface area contributed by atoms with Gasteiger partial charge in [0.25, 0.3) is 0 Å². The Bertz CT molecular complexity index is 213. The normalized spacial score (nSPS) is 23.5. The van der Waals surface area contributed by atoms with E-state index in [1.807, 2.05) is 0 Å². The van der Waals surface area contributed by atoms with Crippen LogP contribution in [-0.4, -0.2) is 51.0 Å². The smallest absolute Gasteiger partial charge is 0.246 e. The van der Waals surface area contributed by atoms with Crippen molar-refractivity contribution >= 4 is 5.91 Å². The monoisotopic (exact) mass is 214 g/mol. The largest absolute Gasteiger partial charge is 0.381 e. The number of ether oxygens (including phenoxy) is 2. The molecule has 0 aliphatic carbocycles. The van der Waals surface area contributed by atoms with Crippen LogP contribution in [0.15, 0.2) is 0 Å². The van der Waals surface area contributed by atoms with Crippen LogP contribution < -0.4 is 10.6 Å². The van der Waals surface area contributed by atoms with E-state index in [1.165, 1.54) is 0 Å². The molecule has 0 aromatic rings. The van der Waals surface area contributed by atoms with Gasteiger partial charge in [-0.1, -0.05) is 0 Å². The van der Waals surface area contributed by atoms with E-state index < -0.39 is 0 Å². The van der Waals surface area contributed by atoms with Gasteiger partial charge in [0.2, 0.25) is 5.91 Å². The average molecular weight is 214 g/mol. The molecular formula is C10H18N2O3. The average Bonchev–Trinajstić information content (AvgIpc) is 2.17. The Morgan fingerprint density at radius 2 is 2.13 bits per heavy atom. The van der Waals surface area contributed by atoms with E-state index in [-0.39, 0.29) is 24.7 Å². The van der Waals surface area contributed by atoms with Gasteiger partial charge < -0.3 is 20.1 Å². The van der Waals surface area contributed by atoms with Gasteiger partial charge in [0, 0.05) is 32.3 Å². The van der Waals surface area contributed by atoms with Crippen molar-refractivity contribution in [2.75, 3.05) is 32.9 Å². The van der Waals surface area contributed by atoms with Crippen LogP contribution in [-0.2, 0) is 14.3 Å². The summed E-state index contributed by atoms with van der Waals surface area (Å²) in [7, 11) is 0. The highest BCUT2D eigenvalue weighted by molar-refractivity contribution is 5.77. The first-order valence-electron chi connectivity index (χ1n) is 5.54. The Morgan fingerprint density at radius 1 is 1.40 bits per heavy atom. The van der Waals surface area contributed by atoms with Crippen molar-refractivity contribution in [3.05, 3.63) is 0 Å². The molecule has 0 atom stereocenters. The quantitative estimate of drug-likeness (QED) is 0.648. The van der Waals surface area contributed by atoms with Crippen LogP contribution in [0.5, 0.6) is 0 Å². The molecule has 86 valence electrons. The van der Waals surface area contributed by atoms with Crippen LogP contribution in [0.3, 0.4) is 0 Å². The maximum Gasteiger partial charge on any atom is 0.246 e. The molecule has 5 heteroatoms. The molecule has 2 rings (SSSR count). The van der Waals surface area contributed by atoms with Gasteiger partial charge in [-0.3, -0.25) is 4.79 Å².